The fourth-order valence-corrected chi connectivity index (χ4v) is 1.79. The highest BCUT2D eigenvalue weighted by Gasteiger charge is 2.17. The summed E-state index contributed by atoms with van der Waals surface area (Å²) in [5.41, 5.74) is 3.06. The van der Waals surface area contributed by atoms with E-state index in [1.807, 2.05) is 19.1 Å². The number of hydrogen-bond acceptors (Lipinski definition) is 4. The number of nitrogens with zero attached hydrogens (tertiary/aromatic N) is 1. The number of anilines is 1. The van der Waals surface area contributed by atoms with Crippen LogP contribution in [0, 0.1) is 6.92 Å². The van der Waals surface area contributed by atoms with Gasteiger partial charge < -0.3 is 14.5 Å². The van der Waals surface area contributed by atoms with Gasteiger partial charge in [-0.15, -0.1) is 0 Å². The summed E-state index contributed by atoms with van der Waals surface area (Å²) in [6.45, 7) is 3.44. The van der Waals surface area contributed by atoms with Crippen molar-refractivity contribution < 1.29 is 9.15 Å². The van der Waals surface area contributed by atoms with E-state index >= 15 is 0 Å². The zero-order valence-corrected chi connectivity index (χ0v) is 9.64. The van der Waals surface area contributed by atoms with Crippen LogP contribution in [0.2, 0.25) is 0 Å². The number of ether oxygens (including phenoxy) is 1. The van der Waals surface area contributed by atoms with Crippen LogP contribution in [-0.4, -0.2) is 24.2 Å². The largest absolute Gasteiger partial charge is 0.449 e. The van der Waals surface area contributed by atoms with Crippen LogP contribution in [0.1, 0.15) is 5.89 Å². The van der Waals surface area contributed by atoms with Crippen molar-refractivity contribution in [2.45, 2.75) is 13.0 Å². The van der Waals surface area contributed by atoms with E-state index in [0.717, 1.165) is 30.2 Å². The average molecular weight is 230 g/mol. The molecule has 4 heteroatoms. The van der Waals surface area contributed by atoms with Gasteiger partial charge in [-0.1, -0.05) is 12.1 Å². The molecular formula is C13H14N2O2. The van der Waals surface area contributed by atoms with Gasteiger partial charge in [0.2, 0.25) is 0 Å². The third-order valence-electron chi connectivity index (χ3n) is 2.81. The van der Waals surface area contributed by atoms with E-state index in [1.54, 1.807) is 6.26 Å². The van der Waals surface area contributed by atoms with Gasteiger partial charge in [0.25, 0.3) is 0 Å². The molecule has 0 saturated carbocycles. The molecule has 1 fully saturated rings. The first kappa shape index (κ1) is 10.4. The molecule has 0 bridgehead atoms. The lowest BCUT2D eigenvalue weighted by Gasteiger charge is -2.27. The summed E-state index contributed by atoms with van der Waals surface area (Å²) in [7, 11) is 0. The maximum Gasteiger partial charge on any atom is 0.191 e. The van der Waals surface area contributed by atoms with Crippen molar-refractivity contribution in [3.63, 3.8) is 0 Å². The second kappa shape index (κ2) is 4.22. The Morgan fingerprint density at radius 2 is 2.00 bits per heavy atom. The third-order valence-corrected chi connectivity index (χ3v) is 2.81. The fourth-order valence-electron chi connectivity index (χ4n) is 1.79. The molecule has 0 unspecified atom stereocenters. The predicted molar refractivity (Wildman–Crippen MR) is 64.9 cm³/mol. The van der Waals surface area contributed by atoms with E-state index in [1.165, 1.54) is 0 Å². The van der Waals surface area contributed by atoms with Gasteiger partial charge in [0, 0.05) is 18.2 Å². The van der Waals surface area contributed by atoms with Gasteiger partial charge in [0.1, 0.15) is 12.0 Å². The number of aromatic nitrogens is 1. The average Bonchev–Trinajstić information content (AvgIpc) is 2.71. The first-order valence-electron chi connectivity index (χ1n) is 5.68. The van der Waals surface area contributed by atoms with Crippen molar-refractivity contribution >= 4 is 5.69 Å². The minimum absolute atomic E-state index is 0.454. The molecule has 2 aromatic rings. The van der Waals surface area contributed by atoms with Gasteiger partial charge in [-0.05, 0) is 12.1 Å². The van der Waals surface area contributed by atoms with Crippen LogP contribution < -0.4 is 5.32 Å². The number of benzene rings is 1. The summed E-state index contributed by atoms with van der Waals surface area (Å²) in [5, 5.41) is 3.39. The Labute approximate surface area is 99.6 Å². The summed E-state index contributed by atoms with van der Waals surface area (Å²) >= 11 is 0. The summed E-state index contributed by atoms with van der Waals surface area (Å²) in [5.74, 6) is 0.689. The molecule has 1 aliphatic rings. The monoisotopic (exact) mass is 230 g/mol. The minimum atomic E-state index is 0.454. The van der Waals surface area contributed by atoms with E-state index < -0.39 is 0 Å². The number of aryl methyl sites for hydroxylation is 1. The first-order chi connectivity index (χ1) is 8.31. The SMILES string of the molecule is Cc1nc(-c2ccc(NC3COC3)cc2)co1. The maximum absolute atomic E-state index is 5.20. The van der Waals surface area contributed by atoms with Crippen molar-refractivity contribution in [2.75, 3.05) is 18.5 Å². The molecular weight excluding hydrogens is 216 g/mol. The lowest BCUT2D eigenvalue weighted by atomic mass is 10.1. The van der Waals surface area contributed by atoms with Crippen LogP contribution >= 0.6 is 0 Å². The van der Waals surface area contributed by atoms with Crippen LogP contribution in [0.15, 0.2) is 34.9 Å². The highest BCUT2D eigenvalue weighted by molar-refractivity contribution is 5.62. The Kier molecular flexibility index (Phi) is 2.57. The molecule has 17 heavy (non-hydrogen) atoms. The van der Waals surface area contributed by atoms with Crippen molar-refractivity contribution in [1.29, 1.82) is 0 Å². The molecule has 2 heterocycles. The third kappa shape index (κ3) is 2.17. The lowest BCUT2D eigenvalue weighted by Crippen LogP contribution is -2.40. The predicted octanol–water partition coefficient (Wildman–Crippen LogP) is 2.46. The molecule has 1 aliphatic heterocycles. The Hall–Kier alpha value is -1.81. The molecule has 88 valence electrons. The Bertz CT molecular complexity index is 500. The highest BCUT2D eigenvalue weighted by atomic mass is 16.5. The van der Waals surface area contributed by atoms with Crippen LogP contribution in [0.5, 0.6) is 0 Å². The fraction of sp³-hybridized carbons (Fsp3) is 0.308. The van der Waals surface area contributed by atoms with E-state index in [0.29, 0.717) is 11.9 Å². The molecule has 1 aromatic carbocycles. The van der Waals surface area contributed by atoms with Crippen LogP contribution in [0.3, 0.4) is 0 Å². The van der Waals surface area contributed by atoms with Gasteiger partial charge in [-0.25, -0.2) is 4.98 Å². The van der Waals surface area contributed by atoms with Gasteiger partial charge in [0.05, 0.1) is 19.3 Å². The summed E-state index contributed by atoms with van der Waals surface area (Å²) in [6, 6.07) is 8.64. The molecule has 0 amide bonds. The Morgan fingerprint density at radius 1 is 1.24 bits per heavy atom. The Morgan fingerprint density at radius 3 is 2.53 bits per heavy atom. The molecule has 1 saturated heterocycles. The zero-order chi connectivity index (χ0) is 11.7. The number of oxazole rings is 1. The molecule has 0 spiro atoms. The first-order valence-corrected chi connectivity index (χ1v) is 5.68. The van der Waals surface area contributed by atoms with Gasteiger partial charge in [0.15, 0.2) is 5.89 Å². The summed E-state index contributed by atoms with van der Waals surface area (Å²) in [4.78, 5) is 4.29. The van der Waals surface area contributed by atoms with E-state index in [2.05, 4.69) is 22.4 Å². The van der Waals surface area contributed by atoms with Crippen LogP contribution in [-0.2, 0) is 4.74 Å². The number of hydrogen-bond donors (Lipinski definition) is 1. The van der Waals surface area contributed by atoms with E-state index in [4.69, 9.17) is 9.15 Å². The van der Waals surface area contributed by atoms with Gasteiger partial charge >= 0.3 is 0 Å². The van der Waals surface area contributed by atoms with Gasteiger partial charge in [-0.2, -0.15) is 0 Å². The lowest BCUT2D eigenvalue weighted by molar-refractivity contribution is 0.0211. The number of rotatable bonds is 3. The van der Waals surface area contributed by atoms with E-state index in [-0.39, 0.29) is 0 Å². The highest BCUT2D eigenvalue weighted by Crippen LogP contribution is 2.21. The molecule has 1 N–H and O–H groups in total. The quantitative estimate of drug-likeness (QED) is 0.879. The molecule has 0 aliphatic carbocycles. The van der Waals surface area contributed by atoms with Crippen molar-refractivity contribution in [3.8, 4) is 11.3 Å². The number of nitrogens with one attached hydrogen (secondary N) is 1. The molecule has 3 rings (SSSR count). The molecule has 4 nitrogen and oxygen atoms in total. The topological polar surface area (TPSA) is 47.3 Å². The minimum Gasteiger partial charge on any atom is -0.449 e. The molecule has 0 atom stereocenters. The molecule has 1 aromatic heterocycles. The van der Waals surface area contributed by atoms with Crippen LogP contribution in [0.4, 0.5) is 5.69 Å². The van der Waals surface area contributed by atoms with Crippen molar-refractivity contribution in [2.24, 2.45) is 0 Å². The maximum atomic E-state index is 5.20. The van der Waals surface area contributed by atoms with Gasteiger partial charge in [-0.3, -0.25) is 0 Å². The van der Waals surface area contributed by atoms with Crippen molar-refractivity contribution in [1.82, 2.24) is 4.98 Å². The van der Waals surface area contributed by atoms with E-state index in [9.17, 15) is 0 Å². The standard InChI is InChI=1S/C13H14N2O2/c1-9-14-13(8-17-9)10-2-4-11(5-3-10)15-12-6-16-7-12/h2-5,8,12,15H,6-7H2,1H3. The summed E-state index contributed by atoms with van der Waals surface area (Å²) in [6.07, 6.45) is 1.68. The second-order valence-corrected chi connectivity index (χ2v) is 4.21. The molecule has 0 radical (unpaired) electrons. The van der Waals surface area contributed by atoms with Crippen molar-refractivity contribution in [3.05, 3.63) is 36.4 Å². The van der Waals surface area contributed by atoms with Crippen LogP contribution in [0.25, 0.3) is 11.3 Å². The smallest absolute Gasteiger partial charge is 0.191 e. The second-order valence-electron chi connectivity index (χ2n) is 4.21. The summed E-state index contributed by atoms with van der Waals surface area (Å²) < 4.78 is 10.3. The normalized spacial score (nSPS) is 15.6. The Balaban J connectivity index is 1.75. The zero-order valence-electron chi connectivity index (χ0n) is 9.64.